The van der Waals surface area contributed by atoms with E-state index in [4.69, 9.17) is 4.74 Å². The molecule has 6 nitrogen and oxygen atoms in total. The van der Waals surface area contributed by atoms with E-state index in [0.29, 0.717) is 31.7 Å². The predicted octanol–water partition coefficient (Wildman–Crippen LogP) is 3.42. The number of amides is 1. The minimum atomic E-state index is -0.622. The van der Waals surface area contributed by atoms with Crippen LogP contribution in [0.5, 0.6) is 0 Å². The van der Waals surface area contributed by atoms with Crippen LogP contribution in [0.1, 0.15) is 52.0 Å². The van der Waals surface area contributed by atoms with Crippen molar-refractivity contribution in [1.29, 1.82) is 0 Å². The zero-order valence-electron chi connectivity index (χ0n) is 18.2. The largest absolute Gasteiger partial charge is 0.618 e. The first-order valence-electron chi connectivity index (χ1n) is 10.9. The lowest BCUT2D eigenvalue weighted by Gasteiger charge is -2.28. The molecule has 2 heterocycles. The van der Waals surface area contributed by atoms with Crippen molar-refractivity contribution in [3.05, 3.63) is 47.3 Å². The molecule has 1 aromatic heterocycles. The first kappa shape index (κ1) is 22.2. The van der Waals surface area contributed by atoms with Gasteiger partial charge in [0.25, 0.3) is 5.91 Å². The van der Waals surface area contributed by atoms with Crippen LogP contribution in [0, 0.1) is 10.6 Å². The molecule has 1 fully saturated rings. The molecule has 1 aromatic carbocycles. The highest BCUT2D eigenvalue weighted by molar-refractivity contribution is 6.38. The Morgan fingerprint density at radius 3 is 2.83 bits per heavy atom. The zero-order chi connectivity index (χ0) is 21.7. The number of hydrogen-bond donors (Lipinski definition) is 0. The SMILES string of the molecule is CCC(C)(C)C(=O)C(=O)N1CCCC1COCCCc1cc2ccccc2[n+]([O-])c1. The lowest BCUT2D eigenvalue weighted by atomic mass is 9.84. The first-order valence-corrected chi connectivity index (χ1v) is 10.9. The van der Waals surface area contributed by atoms with Gasteiger partial charge in [0.2, 0.25) is 11.3 Å². The predicted molar refractivity (Wildman–Crippen MR) is 116 cm³/mol. The second-order valence-corrected chi connectivity index (χ2v) is 8.77. The molecule has 0 spiro atoms. The molecule has 0 saturated carbocycles. The topological polar surface area (TPSA) is 73.5 Å². The number of ether oxygens (including phenoxy) is 1. The molecular weight excluding hydrogens is 380 g/mol. The molecule has 0 N–H and O–H groups in total. The Labute approximate surface area is 178 Å². The minimum absolute atomic E-state index is 0.0291. The lowest BCUT2D eigenvalue weighted by Crippen LogP contribution is -2.46. The molecule has 0 aliphatic carbocycles. The van der Waals surface area contributed by atoms with Crippen molar-refractivity contribution in [2.45, 2.75) is 58.9 Å². The number of Topliss-reactive ketones (excluding diaryl/α,β-unsaturated/α-hetero) is 1. The number of aromatic nitrogens is 1. The molecular formula is C24H32N2O4. The second-order valence-electron chi connectivity index (χ2n) is 8.77. The third-order valence-electron chi connectivity index (χ3n) is 6.19. The average molecular weight is 413 g/mol. The lowest BCUT2D eigenvalue weighted by molar-refractivity contribution is -0.577. The van der Waals surface area contributed by atoms with Crippen molar-refractivity contribution in [2.75, 3.05) is 19.8 Å². The Morgan fingerprint density at radius 1 is 1.30 bits per heavy atom. The Hall–Kier alpha value is -2.47. The number of benzene rings is 1. The molecule has 0 bridgehead atoms. The van der Waals surface area contributed by atoms with E-state index in [-0.39, 0.29) is 17.7 Å². The zero-order valence-corrected chi connectivity index (χ0v) is 18.2. The molecule has 1 aliphatic heterocycles. The van der Waals surface area contributed by atoms with Crippen molar-refractivity contribution < 1.29 is 19.1 Å². The van der Waals surface area contributed by atoms with Crippen molar-refractivity contribution in [3.63, 3.8) is 0 Å². The van der Waals surface area contributed by atoms with Gasteiger partial charge in [-0.2, -0.15) is 4.73 Å². The highest BCUT2D eigenvalue weighted by Crippen LogP contribution is 2.25. The number of carbonyl (C=O) groups excluding carboxylic acids is 2. The summed E-state index contributed by atoms with van der Waals surface area (Å²) in [5.41, 5.74) is 1.03. The van der Waals surface area contributed by atoms with E-state index in [1.807, 2.05) is 51.1 Å². The monoisotopic (exact) mass is 412 g/mol. The summed E-state index contributed by atoms with van der Waals surface area (Å²) in [6.07, 6.45) is 5.59. The van der Waals surface area contributed by atoms with Gasteiger partial charge in [0.05, 0.1) is 12.6 Å². The maximum Gasteiger partial charge on any atom is 0.290 e. The quantitative estimate of drug-likeness (QED) is 0.274. The number of carbonyl (C=O) groups is 2. The normalized spacial score (nSPS) is 16.9. The number of rotatable bonds is 9. The molecule has 3 rings (SSSR count). The van der Waals surface area contributed by atoms with Gasteiger partial charge < -0.3 is 14.8 Å². The Bertz CT molecular complexity index is 909. The van der Waals surface area contributed by atoms with Crippen LogP contribution in [-0.4, -0.2) is 42.4 Å². The van der Waals surface area contributed by atoms with E-state index >= 15 is 0 Å². The van der Waals surface area contributed by atoms with Gasteiger partial charge in [-0.25, -0.2) is 0 Å². The Morgan fingerprint density at radius 2 is 2.07 bits per heavy atom. The summed E-state index contributed by atoms with van der Waals surface area (Å²) >= 11 is 0. The summed E-state index contributed by atoms with van der Waals surface area (Å²) in [5, 5.41) is 13.1. The maximum atomic E-state index is 12.7. The third kappa shape index (κ3) is 4.98. The molecule has 6 heteroatoms. The third-order valence-corrected chi connectivity index (χ3v) is 6.19. The fourth-order valence-electron chi connectivity index (χ4n) is 3.86. The number of ketones is 1. The number of aryl methyl sites for hydroxylation is 1. The van der Waals surface area contributed by atoms with Crippen LogP contribution in [0.25, 0.3) is 10.9 Å². The summed E-state index contributed by atoms with van der Waals surface area (Å²) in [7, 11) is 0. The number of fused-ring (bicyclic) bond motifs is 1. The van der Waals surface area contributed by atoms with E-state index in [1.165, 1.54) is 0 Å². The van der Waals surface area contributed by atoms with Crippen LogP contribution < -0.4 is 4.73 Å². The van der Waals surface area contributed by atoms with E-state index in [1.54, 1.807) is 11.1 Å². The summed E-state index contributed by atoms with van der Waals surface area (Å²) in [5.74, 6) is -0.678. The molecule has 1 aliphatic rings. The summed E-state index contributed by atoms with van der Waals surface area (Å²) in [6, 6.07) is 9.56. The van der Waals surface area contributed by atoms with Crippen LogP contribution in [0.15, 0.2) is 36.5 Å². The Balaban J connectivity index is 1.47. The second kappa shape index (κ2) is 9.56. The van der Waals surface area contributed by atoms with E-state index in [2.05, 4.69) is 0 Å². The molecule has 162 valence electrons. The molecule has 1 amide bonds. The van der Waals surface area contributed by atoms with Crippen molar-refractivity contribution in [2.24, 2.45) is 5.41 Å². The van der Waals surface area contributed by atoms with E-state index in [0.717, 1.165) is 41.4 Å². The number of likely N-dealkylation sites (tertiary alicyclic amines) is 1. The van der Waals surface area contributed by atoms with Gasteiger partial charge >= 0.3 is 0 Å². The fourth-order valence-corrected chi connectivity index (χ4v) is 3.86. The van der Waals surface area contributed by atoms with Crippen LogP contribution in [-0.2, 0) is 20.7 Å². The number of pyridine rings is 1. The van der Waals surface area contributed by atoms with Gasteiger partial charge in [0.1, 0.15) is 0 Å². The van der Waals surface area contributed by atoms with Crippen molar-refractivity contribution in [3.8, 4) is 0 Å². The highest BCUT2D eigenvalue weighted by atomic mass is 16.5. The van der Waals surface area contributed by atoms with Gasteiger partial charge in [-0.05, 0) is 44.2 Å². The van der Waals surface area contributed by atoms with Gasteiger partial charge in [-0.3, -0.25) is 9.59 Å². The maximum absolute atomic E-state index is 12.7. The summed E-state index contributed by atoms with van der Waals surface area (Å²) < 4.78 is 6.76. The molecule has 2 aromatic rings. The van der Waals surface area contributed by atoms with Crippen LogP contribution in [0.4, 0.5) is 0 Å². The summed E-state index contributed by atoms with van der Waals surface area (Å²) in [4.78, 5) is 26.9. The van der Waals surface area contributed by atoms with E-state index < -0.39 is 5.41 Å². The van der Waals surface area contributed by atoms with E-state index in [9.17, 15) is 14.8 Å². The number of hydrogen-bond acceptors (Lipinski definition) is 4. The standard InChI is InChI=1S/C24H32N2O4/c1-4-24(2,3)22(27)23(28)25-13-7-11-20(25)17-30-14-8-9-18-15-19-10-5-6-12-21(19)26(29)16-18/h5-6,10,12,15-16,20H,4,7-9,11,13-14,17H2,1-3H3. The van der Waals surface area contributed by atoms with Crippen LogP contribution in [0.3, 0.4) is 0 Å². The molecule has 1 unspecified atom stereocenters. The van der Waals surface area contributed by atoms with Crippen molar-refractivity contribution in [1.82, 2.24) is 4.90 Å². The van der Waals surface area contributed by atoms with Gasteiger partial charge in [0.15, 0.2) is 6.20 Å². The van der Waals surface area contributed by atoms with Crippen LogP contribution in [0.2, 0.25) is 0 Å². The summed E-state index contributed by atoms with van der Waals surface area (Å²) in [6.45, 7) is 7.21. The highest BCUT2D eigenvalue weighted by Gasteiger charge is 2.38. The van der Waals surface area contributed by atoms with Crippen LogP contribution >= 0.6 is 0 Å². The molecule has 1 saturated heterocycles. The fraction of sp³-hybridized carbons (Fsp3) is 0.542. The Kier molecular flexibility index (Phi) is 7.08. The number of nitrogens with zero attached hydrogens (tertiary/aromatic N) is 2. The minimum Gasteiger partial charge on any atom is -0.618 e. The van der Waals surface area contributed by atoms with Gasteiger partial charge in [0, 0.05) is 35.6 Å². The number of para-hydroxylation sites is 1. The molecule has 30 heavy (non-hydrogen) atoms. The smallest absolute Gasteiger partial charge is 0.290 e. The molecule has 0 radical (unpaired) electrons. The van der Waals surface area contributed by atoms with Gasteiger partial charge in [-0.1, -0.05) is 32.9 Å². The molecule has 1 atom stereocenters. The first-order chi connectivity index (χ1) is 14.3. The average Bonchev–Trinajstić information content (AvgIpc) is 3.21. The van der Waals surface area contributed by atoms with Gasteiger partial charge in [-0.15, -0.1) is 0 Å². The van der Waals surface area contributed by atoms with Crippen molar-refractivity contribution >= 4 is 22.6 Å².